The molecule has 1 heterocycles. The van der Waals surface area contributed by atoms with Crippen LogP contribution in [0.4, 0.5) is 0 Å². The maximum absolute atomic E-state index is 12.4. The van der Waals surface area contributed by atoms with Crippen LogP contribution in [-0.2, 0) is 4.74 Å². The van der Waals surface area contributed by atoms with Crippen molar-refractivity contribution in [3.63, 3.8) is 0 Å². The minimum atomic E-state index is -0.605. The lowest BCUT2D eigenvalue weighted by Crippen LogP contribution is -2.33. The summed E-state index contributed by atoms with van der Waals surface area (Å²) in [6.45, 7) is 2.97. The normalized spacial score (nSPS) is 11.7. The van der Waals surface area contributed by atoms with Gasteiger partial charge in [0.1, 0.15) is 29.8 Å². The van der Waals surface area contributed by atoms with Gasteiger partial charge in [-0.2, -0.15) is 0 Å². The fourth-order valence-corrected chi connectivity index (χ4v) is 2.81. The van der Waals surface area contributed by atoms with Gasteiger partial charge in [-0.3, -0.25) is 14.8 Å². The molecule has 1 atom stereocenters. The van der Waals surface area contributed by atoms with E-state index in [0.29, 0.717) is 35.9 Å². The number of nitrogens with one attached hydrogen (secondary N) is 2. The Labute approximate surface area is 178 Å². The van der Waals surface area contributed by atoms with Gasteiger partial charge < -0.3 is 23.9 Å². The van der Waals surface area contributed by atoms with E-state index in [1.54, 1.807) is 55.9 Å². The lowest BCUT2D eigenvalue weighted by molar-refractivity contribution is 0.0706. The average Bonchev–Trinajstić information content (AvgIpc) is 3.21. The molecule has 0 spiro atoms. The summed E-state index contributed by atoms with van der Waals surface area (Å²) in [4.78, 5) is 23.8. The molecule has 164 valence electrons. The van der Waals surface area contributed by atoms with Gasteiger partial charge in [0.05, 0.1) is 13.2 Å². The Bertz CT molecular complexity index is 1030. The molecule has 9 heteroatoms. The molecular weight excluding hydrogens is 404 g/mol. The quantitative estimate of drug-likeness (QED) is 0.258. The number of fused-ring (bicyclic) bond motifs is 1. The number of hydrogen-bond donors (Lipinski definition) is 3. The summed E-state index contributed by atoms with van der Waals surface area (Å²) in [5.74, 6) is 0.424. The van der Waals surface area contributed by atoms with Crippen LogP contribution in [0, 0.1) is 0 Å². The second-order valence-corrected chi connectivity index (χ2v) is 6.76. The summed E-state index contributed by atoms with van der Waals surface area (Å²) >= 11 is 0. The van der Waals surface area contributed by atoms with Crippen LogP contribution in [-0.4, -0.2) is 50.0 Å². The van der Waals surface area contributed by atoms with E-state index in [1.165, 1.54) is 12.1 Å². The first-order valence-electron chi connectivity index (χ1n) is 9.65. The number of rotatable bonds is 10. The second kappa shape index (κ2) is 10.5. The maximum Gasteiger partial charge on any atom is 0.287 e. The summed E-state index contributed by atoms with van der Waals surface area (Å²) in [5.41, 5.74) is 2.45. The van der Waals surface area contributed by atoms with Crippen molar-refractivity contribution < 1.29 is 33.4 Å². The summed E-state index contributed by atoms with van der Waals surface area (Å²) in [7, 11) is 1.61. The number of carbonyl (C=O) groups excluding carboxylic acids is 2. The predicted octanol–water partition coefficient (Wildman–Crippen LogP) is 2.77. The molecule has 3 N–H and O–H groups in total. The highest BCUT2D eigenvalue weighted by molar-refractivity contribution is 5.96. The second-order valence-electron chi connectivity index (χ2n) is 6.76. The number of methoxy groups -OCH3 is 1. The Hall–Kier alpha value is -3.56. The summed E-state index contributed by atoms with van der Waals surface area (Å²) in [6.07, 6.45) is -0.327. The Morgan fingerprint density at radius 2 is 1.77 bits per heavy atom. The van der Waals surface area contributed by atoms with Gasteiger partial charge in [0.15, 0.2) is 5.76 Å². The first kappa shape index (κ1) is 22.1. The molecule has 0 saturated carbocycles. The molecular formula is C22H24N2O7. The average molecular weight is 428 g/mol. The van der Waals surface area contributed by atoms with Crippen molar-refractivity contribution in [3.8, 4) is 11.5 Å². The van der Waals surface area contributed by atoms with Crippen molar-refractivity contribution in [2.75, 3.05) is 26.9 Å². The first-order chi connectivity index (χ1) is 15.0. The van der Waals surface area contributed by atoms with E-state index in [2.05, 4.69) is 5.32 Å². The predicted molar refractivity (Wildman–Crippen MR) is 112 cm³/mol. The first-order valence-corrected chi connectivity index (χ1v) is 9.65. The third-order valence-corrected chi connectivity index (χ3v) is 4.37. The van der Waals surface area contributed by atoms with Gasteiger partial charge in [-0.05, 0) is 55.5 Å². The van der Waals surface area contributed by atoms with Crippen molar-refractivity contribution >= 4 is 22.8 Å². The molecule has 0 aliphatic heterocycles. The Morgan fingerprint density at radius 3 is 2.48 bits per heavy atom. The fourth-order valence-electron chi connectivity index (χ4n) is 2.81. The molecule has 0 bridgehead atoms. The van der Waals surface area contributed by atoms with Crippen LogP contribution >= 0.6 is 0 Å². The summed E-state index contributed by atoms with van der Waals surface area (Å²) < 4.78 is 21.9. The molecule has 3 rings (SSSR count). The number of hydroxylamine groups is 1. The zero-order chi connectivity index (χ0) is 22.2. The van der Waals surface area contributed by atoms with Crippen LogP contribution < -0.4 is 20.3 Å². The zero-order valence-electron chi connectivity index (χ0n) is 17.2. The maximum atomic E-state index is 12.4. The van der Waals surface area contributed by atoms with Crippen LogP contribution in [0.25, 0.3) is 11.0 Å². The SMILES string of the molecule is COCCOc1ccc2oc(C(=O)NCC(C)Oc3ccc(C(=O)NO)cc3)cc2c1. The van der Waals surface area contributed by atoms with Gasteiger partial charge >= 0.3 is 0 Å². The topological polar surface area (TPSA) is 119 Å². The third kappa shape index (κ3) is 5.97. The van der Waals surface area contributed by atoms with Gasteiger partial charge in [-0.1, -0.05) is 0 Å². The summed E-state index contributed by atoms with van der Waals surface area (Å²) in [5, 5.41) is 12.2. The Kier molecular flexibility index (Phi) is 7.47. The van der Waals surface area contributed by atoms with Gasteiger partial charge in [0.25, 0.3) is 11.8 Å². The molecule has 3 aromatic rings. The minimum absolute atomic E-state index is 0.190. The van der Waals surface area contributed by atoms with Gasteiger partial charge in [0.2, 0.25) is 0 Å². The highest BCUT2D eigenvalue weighted by atomic mass is 16.5. The number of amides is 2. The molecule has 0 aliphatic rings. The number of ether oxygens (including phenoxy) is 3. The van der Waals surface area contributed by atoms with Crippen LogP contribution in [0.5, 0.6) is 11.5 Å². The minimum Gasteiger partial charge on any atom is -0.491 e. The van der Waals surface area contributed by atoms with E-state index in [4.69, 9.17) is 23.8 Å². The van der Waals surface area contributed by atoms with Gasteiger partial charge in [-0.15, -0.1) is 0 Å². The number of carbonyl (C=O) groups is 2. The molecule has 2 amide bonds. The monoisotopic (exact) mass is 428 g/mol. The van der Waals surface area contributed by atoms with Crippen LogP contribution in [0.3, 0.4) is 0 Å². The van der Waals surface area contributed by atoms with Crippen molar-refractivity contribution in [1.82, 2.24) is 10.8 Å². The molecule has 0 fully saturated rings. The van der Waals surface area contributed by atoms with Crippen molar-refractivity contribution in [2.45, 2.75) is 13.0 Å². The molecule has 1 aromatic heterocycles. The lowest BCUT2D eigenvalue weighted by Gasteiger charge is -2.15. The van der Waals surface area contributed by atoms with Crippen molar-refractivity contribution in [1.29, 1.82) is 0 Å². The standard InChI is InChI=1S/C22H24N2O7/c1-14(30-17-5-3-15(4-6-17)21(25)24-27)13-23-22(26)20-12-16-11-18(29-10-9-28-2)7-8-19(16)31-20/h3-8,11-12,14,27H,9-10,13H2,1-2H3,(H,23,26)(H,24,25). The molecule has 1 unspecified atom stereocenters. The molecule has 2 aromatic carbocycles. The molecule has 31 heavy (non-hydrogen) atoms. The molecule has 0 radical (unpaired) electrons. The van der Waals surface area contributed by atoms with E-state index in [1.807, 2.05) is 0 Å². The smallest absolute Gasteiger partial charge is 0.287 e. The van der Waals surface area contributed by atoms with Crippen molar-refractivity contribution in [3.05, 3.63) is 59.9 Å². The van der Waals surface area contributed by atoms with Crippen LogP contribution in [0.1, 0.15) is 27.8 Å². The number of benzene rings is 2. The van der Waals surface area contributed by atoms with E-state index in [-0.39, 0.29) is 24.3 Å². The highest BCUT2D eigenvalue weighted by Gasteiger charge is 2.15. The van der Waals surface area contributed by atoms with Gasteiger partial charge in [0, 0.05) is 18.1 Å². The van der Waals surface area contributed by atoms with E-state index in [9.17, 15) is 9.59 Å². The highest BCUT2D eigenvalue weighted by Crippen LogP contribution is 2.24. The molecule has 0 aliphatic carbocycles. The molecule has 9 nitrogen and oxygen atoms in total. The van der Waals surface area contributed by atoms with E-state index in [0.717, 1.165) is 5.39 Å². The largest absolute Gasteiger partial charge is 0.491 e. The lowest BCUT2D eigenvalue weighted by atomic mass is 10.2. The zero-order valence-corrected chi connectivity index (χ0v) is 17.2. The van der Waals surface area contributed by atoms with Crippen LogP contribution in [0.15, 0.2) is 52.9 Å². The third-order valence-electron chi connectivity index (χ3n) is 4.37. The molecule has 0 saturated heterocycles. The van der Waals surface area contributed by atoms with Crippen LogP contribution in [0.2, 0.25) is 0 Å². The number of furan rings is 1. The van der Waals surface area contributed by atoms with E-state index < -0.39 is 5.91 Å². The fraction of sp³-hybridized carbons (Fsp3) is 0.273. The Morgan fingerprint density at radius 1 is 1.03 bits per heavy atom. The van der Waals surface area contributed by atoms with E-state index >= 15 is 0 Å². The summed E-state index contributed by atoms with van der Waals surface area (Å²) in [6, 6.07) is 13.2. The van der Waals surface area contributed by atoms with Gasteiger partial charge in [-0.25, -0.2) is 5.48 Å². The Balaban J connectivity index is 1.53. The van der Waals surface area contributed by atoms with Crippen molar-refractivity contribution in [2.24, 2.45) is 0 Å². The number of hydrogen-bond acceptors (Lipinski definition) is 7.